The van der Waals surface area contributed by atoms with E-state index in [1.54, 1.807) is 25.6 Å². The highest BCUT2D eigenvalue weighted by Crippen LogP contribution is 2.23. The van der Waals surface area contributed by atoms with E-state index in [1.165, 1.54) is 0 Å². The number of carbonyl (C=O) groups is 1. The van der Waals surface area contributed by atoms with Crippen LogP contribution in [0.4, 0.5) is 0 Å². The normalized spacial score (nSPS) is 11.9. The number of aromatic nitrogens is 2. The van der Waals surface area contributed by atoms with E-state index in [-0.39, 0.29) is 12.2 Å². The summed E-state index contributed by atoms with van der Waals surface area (Å²) in [5.41, 5.74) is 0.803. The van der Waals surface area contributed by atoms with Crippen LogP contribution in [0.2, 0.25) is 5.02 Å². The van der Waals surface area contributed by atoms with E-state index in [4.69, 9.17) is 16.3 Å². The van der Waals surface area contributed by atoms with Crippen molar-refractivity contribution in [2.75, 3.05) is 6.61 Å². The number of carbonyl (C=O) groups excluding carboxylic acids is 1. The van der Waals surface area contributed by atoms with Crippen LogP contribution in [0.25, 0.3) is 0 Å². The van der Waals surface area contributed by atoms with Crippen LogP contribution in [0.3, 0.4) is 0 Å². The van der Waals surface area contributed by atoms with Crippen LogP contribution in [-0.4, -0.2) is 27.8 Å². The van der Waals surface area contributed by atoms with Gasteiger partial charge in [0.2, 0.25) is 0 Å². The predicted octanol–water partition coefficient (Wildman–Crippen LogP) is 2.56. The monoisotopic (exact) mass is 272 g/mol. The molecule has 1 aromatic rings. The number of aryl methyl sites for hydroxylation is 2. The first-order valence-corrected chi connectivity index (χ1v) is 6.58. The molecule has 0 aliphatic carbocycles. The van der Waals surface area contributed by atoms with Gasteiger partial charge in [0.1, 0.15) is 5.60 Å². The van der Waals surface area contributed by atoms with Gasteiger partial charge in [-0.1, -0.05) is 18.5 Å². The molecule has 0 aromatic carbocycles. The molecule has 5 heteroatoms. The summed E-state index contributed by atoms with van der Waals surface area (Å²) in [6, 6.07) is 0. The molecule has 0 radical (unpaired) electrons. The van der Waals surface area contributed by atoms with Crippen molar-refractivity contribution in [1.29, 1.82) is 0 Å². The summed E-state index contributed by atoms with van der Waals surface area (Å²) in [6.45, 7) is 7.94. The standard InChI is InChI=1S/C13H21ClN2O2/c1-6-9-12(14)10(16(5)15-9)8-11(17)13(3,4)18-7-2/h6-8H2,1-5H3. The Morgan fingerprint density at radius 1 is 1.44 bits per heavy atom. The van der Waals surface area contributed by atoms with Crippen molar-refractivity contribution in [2.24, 2.45) is 7.05 Å². The number of ether oxygens (including phenoxy) is 1. The second-order valence-electron chi connectivity index (χ2n) is 4.73. The average molecular weight is 273 g/mol. The third-order valence-corrected chi connectivity index (χ3v) is 3.44. The number of hydrogen-bond donors (Lipinski definition) is 0. The number of ketones is 1. The summed E-state index contributed by atoms with van der Waals surface area (Å²) in [7, 11) is 1.81. The van der Waals surface area contributed by atoms with Gasteiger partial charge in [-0.05, 0) is 27.2 Å². The van der Waals surface area contributed by atoms with Crippen LogP contribution in [0.15, 0.2) is 0 Å². The SMILES string of the molecule is CCOC(C)(C)C(=O)Cc1c(Cl)c(CC)nn1C. The molecule has 0 saturated heterocycles. The quantitative estimate of drug-likeness (QED) is 0.799. The molecule has 1 aromatic heterocycles. The first-order valence-electron chi connectivity index (χ1n) is 6.21. The van der Waals surface area contributed by atoms with Crippen molar-refractivity contribution < 1.29 is 9.53 Å². The molecule has 0 unspecified atom stereocenters. The number of Topliss-reactive ketones (excluding diaryl/α,β-unsaturated/α-hetero) is 1. The summed E-state index contributed by atoms with van der Waals surface area (Å²) < 4.78 is 7.14. The molecular formula is C13H21ClN2O2. The molecule has 1 rings (SSSR count). The number of halogens is 1. The van der Waals surface area contributed by atoms with Gasteiger partial charge in [-0.15, -0.1) is 0 Å². The van der Waals surface area contributed by atoms with Gasteiger partial charge in [0, 0.05) is 13.7 Å². The van der Waals surface area contributed by atoms with Crippen molar-refractivity contribution in [1.82, 2.24) is 9.78 Å². The molecule has 0 spiro atoms. The highest BCUT2D eigenvalue weighted by Gasteiger charge is 2.29. The smallest absolute Gasteiger partial charge is 0.170 e. The van der Waals surface area contributed by atoms with Crippen molar-refractivity contribution in [3.8, 4) is 0 Å². The van der Waals surface area contributed by atoms with Crippen LogP contribution < -0.4 is 0 Å². The fourth-order valence-corrected chi connectivity index (χ4v) is 2.18. The van der Waals surface area contributed by atoms with Crippen molar-refractivity contribution in [3.63, 3.8) is 0 Å². The van der Waals surface area contributed by atoms with E-state index < -0.39 is 5.60 Å². The predicted molar refractivity (Wildman–Crippen MR) is 72.0 cm³/mol. The first-order chi connectivity index (χ1) is 8.33. The number of hydrogen-bond acceptors (Lipinski definition) is 3. The van der Waals surface area contributed by atoms with E-state index in [9.17, 15) is 4.79 Å². The maximum Gasteiger partial charge on any atom is 0.170 e. The zero-order valence-electron chi connectivity index (χ0n) is 11.7. The van der Waals surface area contributed by atoms with Crippen LogP contribution in [0.5, 0.6) is 0 Å². The summed E-state index contributed by atoms with van der Waals surface area (Å²) in [5, 5.41) is 4.90. The van der Waals surface area contributed by atoms with E-state index in [1.807, 2.05) is 13.8 Å². The molecule has 4 nitrogen and oxygen atoms in total. The number of rotatable bonds is 6. The highest BCUT2D eigenvalue weighted by molar-refractivity contribution is 6.32. The largest absolute Gasteiger partial charge is 0.368 e. The molecule has 102 valence electrons. The van der Waals surface area contributed by atoms with Crippen LogP contribution >= 0.6 is 11.6 Å². The molecule has 0 saturated carbocycles. The summed E-state index contributed by atoms with van der Waals surface area (Å²) in [6.07, 6.45) is 1.01. The zero-order chi connectivity index (χ0) is 13.9. The minimum absolute atomic E-state index is 0.0110. The molecule has 0 atom stereocenters. The molecular weight excluding hydrogens is 252 g/mol. The fourth-order valence-electron chi connectivity index (χ4n) is 1.82. The van der Waals surface area contributed by atoms with Gasteiger partial charge in [-0.2, -0.15) is 5.10 Å². The van der Waals surface area contributed by atoms with Gasteiger partial charge in [-0.25, -0.2) is 0 Å². The maximum absolute atomic E-state index is 12.2. The summed E-state index contributed by atoms with van der Waals surface area (Å²) in [5.74, 6) is 0.0110. The van der Waals surface area contributed by atoms with E-state index in [0.717, 1.165) is 17.8 Å². The first kappa shape index (κ1) is 15.2. The van der Waals surface area contributed by atoms with Crippen LogP contribution in [-0.2, 0) is 29.4 Å². The second-order valence-corrected chi connectivity index (χ2v) is 5.11. The minimum Gasteiger partial charge on any atom is -0.368 e. The molecule has 0 amide bonds. The molecule has 0 aliphatic heterocycles. The van der Waals surface area contributed by atoms with Crippen LogP contribution in [0.1, 0.15) is 39.1 Å². The Labute approximate surface area is 113 Å². The molecule has 1 heterocycles. The lowest BCUT2D eigenvalue weighted by Crippen LogP contribution is -2.36. The third kappa shape index (κ3) is 3.12. The fraction of sp³-hybridized carbons (Fsp3) is 0.692. The molecule has 0 aliphatic rings. The highest BCUT2D eigenvalue weighted by atomic mass is 35.5. The zero-order valence-corrected chi connectivity index (χ0v) is 12.5. The van der Waals surface area contributed by atoms with Gasteiger partial charge in [0.05, 0.1) is 22.8 Å². The second kappa shape index (κ2) is 5.85. The molecule has 0 N–H and O–H groups in total. The Morgan fingerprint density at radius 2 is 2.06 bits per heavy atom. The van der Waals surface area contributed by atoms with Gasteiger partial charge in [0.15, 0.2) is 5.78 Å². The van der Waals surface area contributed by atoms with Crippen LogP contribution in [0, 0.1) is 0 Å². The maximum atomic E-state index is 12.2. The topological polar surface area (TPSA) is 44.1 Å². The van der Waals surface area contributed by atoms with Crippen molar-refractivity contribution >= 4 is 17.4 Å². The van der Waals surface area contributed by atoms with Gasteiger partial charge >= 0.3 is 0 Å². The summed E-state index contributed by atoms with van der Waals surface area (Å²) in [4.78, 5) is 12.2. The van der Waals surface area contributed by atoms with Gasteiger partial charge < -0.3 is 4.74 Å². The molecule has 0 bridgehead atoms. The average Bonchev–Trinajstić information content (AvgIpc) is 2.56. The molecule has 0 fully saturated rings. The third-order valence-electron chi connectivity index (χ3n) is 3.01. The lowest BCUT2D eigenvalue weighted by Gasteiger charge is -2.23. The van der Waals surface area contributed by atoms with E-state index in [0.29, 0.717) is 11.6 Å². The Balaban J connectivity index is 2.92. The Morgan fingerprint density at radius 3 is 2.50 bits per heavy atom. The van der Waals surface area contributed by atoms with E-state index >= 15 is 0 Å². The van der Waals surface area contributed by atoms with Crippen molar-refractivity contribution in [3.05, 3.63) is 16.4 Å². The summed E-state index contributed by atoms with van der Waals surface area (Å²) >= 11 is 6.22. The van der Waals surface area contributed by atoms with E-state index in [2.05, 4.69) is 5.10 Å². The lowest BCUT2D eigenvalue weighted by molar-refractivity contribution is -0.139. The molecule has 18 heavy (non-hydrogen) atoms. The minimum atomic E-state index is -0.783. The Bertz CT molecular complexity index is 438. The van der Waals surface area contributed by atoms with Gasteiger partial charge in [-0.3, -0.25) is 9.48 Å². The van der Waals surface area contributed by atoms with Crippen molar-refractivity contribution in [2.45, 2.75) is 46.1 Å². The lowest BCUT2D eigenvalue weighted by atomic mass is 9.99. The Kier molecular flexibility index (Phi) is 4.93. The Hall–Kier alpha value is -0.870. The number of nitrogens with zero attached hydrogens (tertiary/aromatic N) is 2. The van der Waals surface area contributed by atoms with Gasteiger partial charge in [0.25, 0.3) is 0 Å².